The summed E-state index contributed by atoms with van der Waals surface area (Å²) >= 11 is 0. The van der Waals surface area contributed by atoms with E-state index in [9.17, 15) is 4.79 Å². The maximum Gasteiger partial charge on any atom is 0.257 e. The number of methoxy groups -OCH3 is 1. The molecule has 0 bridgehead atoms. The third-order valence-corrected chi connectivity index (χ3v) is 4.39. The molecule has 3 rings (SSSR count). The van der Waals surface area contributed by atoms with Crippen LogP contribution in [0.4, 0.5) is 0 Å². The molecule has 2 aromatic rings. The number of amides is 1. The largest absolute Gasteiger partial charge is 0.379 e. The minimum atomic E-state index is -0.104. The van der Waals surface area contributed by atoms with Crippen molar-refractivity contribution in [3.63, 3.8) is 0 Å². The Labute approximate surface area is 140 Å². The predicted octanol–water partition coefficient (Wildman–Crippen LogP) is 1.28. The summed E-state index contributed by atoms with van der Waals surface area (Å²) in [6.07, 6.45) is 3.21. The lowest BCUT2D eigenvalue weighted by Gasteiger charge is -2.19. The van der Waals surface area contributed by atoms with E-state index in [1.807, 2.05) is 20.8 Å². The van der Waals surface area contributed by atoms with Gasteiger partial charge in [-0.2, -0.15) is 15.4 Å². The maximum atomic E-state index is 13.0. The summed E-state index contributed by atoms with van der Waals surface area (Å²) in [5.41, 5.74) is 2.15. The topological polar surface area (TPSA) is 96.9 Å². The van der Waals surface area contributed by atoms with E-state index in [1.165, 1.54) is 0 Å². The van der Waals surface area contributed by atoms with Gasteiger partial charge in [-0.3, -0.25) is 4.79 Å². The molecule has 3 heterocycles. The molecule has 8 heteroatoms. The van der Waals surface area contributed by atoms with Crippen molar-refractivity contribution in [2.75, 3.05) is 20.2 Å². The molecule has 1 N–H and O–H groups in total. The van der Waals surface area contributed by atoms with E-state index >= 15 is 0 Å². The second-order valence-electron chi connectivity index (χ2n) is 6.36. The Hall–Kier alpha value is -2.35. The van der Waals surface area contributed by atoms with Gasteiger partial charge < -0.3 is 9.64 Å². The van der Waals surface area contributed by atoms with E-state index in [-0.39, 0.29) is 23.8 Å². The van der Waals surface area contributed by atoms with Crippen LogP contribution in [0.3, 0.4) is 0 Å². The van der Waals surface area contributed by atoms with Crippen LogP contribution in [-0.4, -0.2) is 62.5 Å². The molecule has 1 saturated heterocycles. The van der Waals surface area contributed by atoms with Gasteiger partial charge in [-0.15, -0.1) is 0 Å². The number of hydrogen-bond acceptors (Lipinski definition) is 6. The lowest BCUT2D eigenvalue weighted by molar-refractivity contribution is 0.0712. The van der Waals surface area contributed by atoms with Gasteiger partial charge in [-0.25, -0.2) is 9.97 Å². The lowest BCUT2D eigenvalue weighted by atomic mass is 10.0. The first kappa shape index (κ1) is 16.5. The Kier molecular flexibility index (Phi) is 4.57. The molecule has 0 radical (unpaired) electrons. The fraction of sp³-hybridized carbons (Fsp3) is 0.562. The van der Waals surface area contributed by atoms with Crippen LogP contribution in [0.25, 0.3) is 0 Å². The second kappa shape index (κ2) is 6.64. The Morgan fingerprint density at radius 3 is 2.79 bits per heavy atom. The highest BCUT2D eigenvalue weighted by atomic mass is 16.5. The first-order valence-electron chi connectivity index (χ1n) is 8.02. The molecule has 0 spiro atoms. The van der Waals surface area contributed by atoms with Crippen LogP contribution in [0.15, 0.2) is 12.4 Å². The first-order valence-corrected chi connectivity index (χ1v) is 8.02. The van der Waals surface area contributed by atoms with Crippen LogP contribution < -0.4 is 0 Å². The molecule has 2 atom stereocenters. The summed E-state index contributed by atoms with van der Waals surface area (Å²) in [5, 5.41) is 10.6. The van der Waals surface area contributed by atoms with Crippen LogP contribution in [0.1, 0.15) is 53.3 Å². The Morgan fingerprint density at radius 1 is 1.38 bits per heavy atom. The summed E-state index contributed by atoms with van der Waals surface area (Å²) < 4.78 is 5.55. The summed E-state index contributed by atoms with van der Waals surface area (Å²) in [6, 6.07) is 0. The van der Waals surface area contributed by atoms with Gasteiger partial charge in [0.1, 0.15) is 5.82 Å². The van der Waals surface area contributed by atoms with E-state index in [2.05, 4.69) is 25.4 Å². The van der Waals surface area contributed by atoms with Crippen LogP contribution >= 0.6 is 0 Å². The monoisotopic (exact) mass is 330 g/mol. The standard InChI is InChI=1S/C16H22N6O2/c1-9(2)15-11(5-17-10(3)19-15)16(23)22-7-12(14(8-22)24-4)13-6-18-21-20-13/h5-6,9,12,14H,7-8H2,1-4H3,(H,18,20,21)/t12-,14+/m0/s1. The Balaban J connectivity index is 1.86. The quantitative estimate of drug-likeness (QED) is 0.907. The zero-order valence-electron chi connectivity index (χ0n) is 14.4. The smallest absolute Gasteiger partial charge is 0.257 e. The average Bonchev–Trinajstić information content (AvgIpc) is 3.22. The number of carbonyl (C=O) groups excluding carboxylic acids is 1. The number of hydrogen-bond donors (Lipinski definition) is 1. The van der Waals surface area contributed by atoms with Crippen molar-refractivity contribution in [2.24, 2.45) is 0 Å². The molecule has 0 aliphatic carbocycles. The number of carbonyl (C=O) groups is 1. The highest BCUT2D eigenvalue weighted by molar-refractivity contribution is 5.95. The van der Waals surface area contributed by atoms with Crippen molar-refractivity contribution in [3.05, 3.63) is 35.2 Å². The fourth-order valence-corrected chi connectivity index (χ4v) is 3.11. The van der Waals surface area contributed by atoms with Crippen LogP contribution in [0.5, 0.6) is 0 Å². The number of aromatic nitrogens is 5. The van der Waals surface area contributed by atoms with E-state index in [0.717, 1.165) is 11.4 Å². The van der Waals surface area contributed by atoms with Crippen LogP contribution in [0, 0.1) is 6.92 Å². The normalized spacial score (nSPS) is 20.8. The molecule has 1 aliphatic heterocycles. The van der Waals surface area contributed by atoms with Crippen molar-refractivity contribution in [3.8, 4) is 0 Å². The van der Waals surface area contributed by atoms with Gasteiger partial charge in [0.25, 0.3) is 5.91 Å². The number of aromatic amines is 1. The fourth-order valence-electron chi connectivity index (χ4n) is 3.11. The van der Waals surface area contributed by atoms with Gasteiger partial charge in [0.05, 0.1) is 35.2 Å². The van der Waals surface area contributed by atoms with Crippen molar-refractivity contribution < 1.29 is 9.53 Å². The predicted molar refractivity (Wildman–Crippen MR) is 86.7 cm³/mol. The number of ether oxygens (including phenoxy) is 1. The summed E-state index contributed by atoms with van der Waals surface area (Å²) in [4.78, 5) is 23.5. The zero-order chi connectivity index (χ0) is 17.3. The molecule has 0 saturated carbocycles. The molecule has 1 fully saturated rings. The van der Waals surface area contributed by atoms with Crippen LogP contribution in [-0.2, 0) is 4.74 Å². The van der Waals surface area contributed by atoms with Gasteiger partial charge in [0.2, 0.25) is 0 Å². The Morgan fingerprint density at radius 2 is 2.17 bits per heavy atom. The number of rotatable bonds is 4. The number of H-pyrrole nitrogens is 1. The van der Waals surface area contributed by atoms with Crippen molar-refractivity contribution in [1.29, 1.82) is 0 Å². The average molecular weight is 330 g/mol. The molecule has 1 aliphatic rings. The highest BCUT2D eigenvalue weighted by Gasteiger charge is 2.38. The third-order valence-electron chi connectivity index (χ3n) is 4.39. The van der Waals surface area contributed by atoms with Gasteiger partial charge in [-0.1, -0.05) is 13.8 Å². The summed E-state index contributed by atoms with van der Waals surface area (Å²) in [7, 11) is 1.65. The van der Waals surface area contributed by atoms with Gasteiger partial charge in [0.15, 0.2) is 0 Å². The number of nitrogens with zero attached hydrogens (tertiary/aromatic N) is 5. The van der Waals surface area contributed by atoms with Gasteiger partial charge in [0, 0.05) is 26.4 Å². The molecule has 0 aromatic carbocycles. The maximum absolute atomic E-state index is 13.0. The minimum Gasteiger partial charge on any atom is -0.379 e. The van der Waals surface area contributed by atoms with Gasteiger partial charge in [-0.05, 0) is 12.8 Å². The molecular formula is C16H22N6O2. The molecule has 8 nitrogen and oxygen atoms in total. The van der Waals surface area contributed by atoms with E-state index < -0.39 is 0 Å². The highest BCUT2D eigenvalue weighted by Crippen LogP contribution is 2.29. The lowest BCUT2D eigenvalue weighted by Crippen LogP contribution is -2.31. The first-order chi connectivity index (χ1) is 11.5. The number of nitrogens with one attached hydrogen (secondary N) is 1. The molecule has 0 unspecified atom stereocenters. The SMILES string of the molecule is CO[C@@H]1CN(C(=O)c2cnc(C)nc2C(C)C)C[C@H]1c1cn[nH]n1. The molecule has 2 aromatic heterocycles. The van der Waals surface area contributed by atoms with E-state index in [4.69, 9.17) is 4.74 Å². The molecule has 128 valence electrons. The van der Waals surface area contributed by atoms with Gasteiger partial charge >= 0.3 is 0 Å². The third kappa shape index (κ3) is 3.01. The minimum absolute atomic E-state index is 0.00608. The zero-order valence-corrected chi connectivity index (χ0v) is 14.4. The van der Waals surface area contributed by atoms with Crippen molar-refractivity contribution in [1.82, 2.24) is 30.3 Å². The Bertz CT molecular complexity index is 715. The molecule has 24 heavy (non-hydrogen) atoms. The summed E-state index contributed by atoms with van der Waals surface area (Å²) in [6.45, 7) is 6.93. The summed E-state index contributed by atoms with van der Waals surface area (Å²) in [5.74, 6) is 0.767. The molecular weight excluding hydrogens is 308 g/mol. The van der Waals surface area contributed by atoms with Crippen LogP contribution in [0.2, 0.25) is 0 Å². The van der Waals surface area contributed by atoms with Crippen molar-refractivity contribution >= 4 is 5.91 Å². The van der Waals surface area contributed by atoms with Crippen molar-refractivity contribution in [2.45, 2.75) is 38.7 Å². The van der Waals surface area contributed by atoms with E-state index in [1.54, 1.807) is 24.4 Å². The van der Waals surface area contributed by atoms with E-state index in [0.29, 0.717) is 24.5 Å². The molecule has 1 amide bonds. The number of likely N-dealkylation sites (tertiary alicyclic amines) is 1. The second-order valence-corrected chi connectivity index (χ2v) is 6.36. The number of aryl methyl sites for hydroxylation is 1.